The third-order valence-electron chi connectivity index (χ3n) is 6.17. The standard InChI is InChI=1S/C26H24ClN5O3/c1-28-22-14-30-26-23(24(22)32-16(15-33)10-11-31(32)2)20(13-29-26)25(34)19-9-8-18(12-21(19)27)35-17-6-4-3-5-7-17/h3-9,12-16,28H,10-11H2,1-2H3,(H,29,30). The maximum atomic E-state index is 13.7. The highest BCUT2D eigenvalue weighted by Crippen LogP contribution is 2.40. The minimum atomic E-state index is -0.339. The molecule has 1 atom stereocenters. The van der Waals surface area contributed by atoms with Gasteiger partial charge in [0.15, 0.2) is 5.78 Å². The number of carbonyl (C=O) groups is 2. The average Bonchev–Trinajstić information content (AvgIpc) is 3.47. The third kappa shape index (κ3) is 4.11. The highest BCUT2D eigenvalue weighted by molar-refractivity contribution is 6.36. The summed E-state index contributed by atoms with van der Waals surface area (Å²) in [6, 6.07) is 14.0. The average molecular weight is 490 g/mol. The molecule has 4 aromatic rings. The number of para-hydroxylation sites is 1. The molecule has 0 saturated carbocycles. The van der Waals surface area contributed by atoms with Gasteiger partial charge < -0.3 is 19.8 Å². The number of nitrogens with zero attached hydrogens (tertiary/aromatic N) is 3. The van der Waals surface area contributed by atoms with E-state index in [9.17, 15) is 9.59 Å². The first-order valence-electron chi connectivity index (χ1n) is 11.2. The van der Waals surface area contributed by atoms with Crippen LogP contribution < -0.4 is 15.1 Å². The summed E-state index contributed by atoms with van der Waals surface area (Å²) in [4.78, 5) is 33.2. The lowest BCUT2D eigenvalue weighted by Gasteiger charge is -2.31. The number of aromatic nitrogens is 2. The van der Waals surface area contributed by atoms with Gasteiger partial charge in [-0.05, 0) is 30.7 Å². The van der Waals surface area contributed by atoms with Crippen LogP contribution in [0.15, 0.2) is 60.9 Å². The molecule has 9 heteroatoms. The van der Waals surface area contributed by atoms with Crippen LogP contribution in [-0.2, 0) is 4.79 Å². The Morgan fingerprint density at radius 3 is 2.71 bits per heavy atom. The lowest BCUT2D eigenvalue weighted by molar-refractivity contribution is -0.108. The van der Waals surface area contributed by atoms with Crippen LogP contribution in [0.3, 0.4) is 0 Å². The molecule has 178 valence electrons. The van der Waals surface area contributed by atoms with Crippen molar-refractivity contribution in [1.29, 1.82) is 0 Å². The van der Waals surface area contributed by atoms with Crippen LogP contribution in [0.2, 0.25) is 5.02 Å². The van der Waals surface area contributed by atoms with Crippen molar-refractivity contribution in [3.05, 3.63) is 77.1 Å². The van der Waals surface area contributed by atoms with E-state index in [2.05, 4.69) is 15.3 Å². The smallest absolute Gasteiger partial charge is 0.196 e. The van der Waals surface area contributed by atoms with Crippen molar-refractivity contribution in [2.45, 2.75) is 12.5 Å². The summed E-state index contributed by atoms with van der Waals surface area (Å²) < 4.78 is 5.84. The fourth-order valence-electron chi connectivity index (χ4n) is 4.46. The molecular weight excluding hydrogens is 466 g/mol. The first-order chi connectivity index (χ1) is 17.0. The van der Waals surface area contributed by atoms with Crippen molar-refractivity contribution in [2.75, 3.05) is 31.0 Å². The number of hydrogen-bond acceptors (Lipinski definition) is 7. The molecule has 1 unspecified atom stereocenters. The molecule has 2 aromatic heterocycles. The summed E-state index contributed by atoms with van der Waals surface area (Å²) in [5.74, 6) is 0.950. The van der Waals surface area contributed by atoms with Crippen LogP contribution in [0, 0.1) is 0 Å². The molecule has 2 aromatic carbocycles. The highest BCUT2D eigenvalue weighted by atomic mass is 35.5. The number of benzene rings is 2. The number of hydrazine groups is 1. The lowest BCUT2D eigenvalue weighted by Crippen LogP contribution is -2.40. The lowest BCUT2D eigenvalue weighted by atomic mass is 10.0. The summed E-state index contributed by atoms with van der Waals surface area (Å²) in [5.41, 5.74) is 2.75. The van der Waals surface area contributed by atoms with Crippen molar-refractivity contribution >= 4 is 46.1 Å². The number of aldehydes is 1. The molecule has 1 aliphatic rings. The van der Waals surface area contributed by atoms with E-state index in [0.717, 1.165) is 18.5 Å². The third-order valence-corrected chi connectivity index (χ3v) is 6.48. The number of anilines is 2. The van der Waals surface area contributed by atoms with Crippen LogP contribution >= 0.6 is 11.6 Å². The second kappa shape index (κ2) is 9.40. The molecule has 2 N–H and O–H groups in total. The molecule has 3 heterocycles. The van der Waals surface area contributed by atoms with Crippen LogP contribution in [0.5, 0.6) is 11.5 Å². The summed E-state index contributed by atoms with van der Waals surface area (Å²) in [6.45, 7) is 0.721. The zero-order chi connectivity index (χ0) is 24.5. The Bertz CT molecular complexity index is 1410. The predicted octanol–water partition coefficient (Wildman–Crippen LogP) is 4.91. The van der Waals surface area contributed by atoms with Crippen molar-refractivity contribution in [3.8, 4) is 11.5 Å². The number of rotatable bonds is 7. The minimum absolute atomic E-state index is 0.256. The number of fused-ring (bicyclic) bond motifs is 1. The number of H-pyrrole nitrogens is 1. The SMILES string of the molecule is CNc1cnc2[nH]cc(C(=O)c3ccc(Oc4ccccc4)cc3Cl)c2c1N1C(C=O)CCN1C. The van der Waals surface area contributed by atoms with Gasteiger partial charge in [0, 0.05) is 38.5 Å². The number of pyridine rings is 1. The van der Waals surface area contributed by atoms with E-state index in [1.807, 2.05) is 47.4 Å². The van der Waals surface area contributed by atoms with E-state index in [1.165, 1.54) is 0 Å². The Kier molecular flexibility index (Phi) is 6.15. The number of carbonyl (C=O) groups excluding carboxylic acids is 2. The Balaban J connectivity index is 1.58. The minimum Gasteiger partial charge on any atom is -0.457 e. The van der Waals surface area contributed by atoms with Gasteiger partial charge in [-0.25, -0.2) is 9.99 Å². The van der Waals surface area contributed by atoms with Crippen molar-refractivity contribution in [1.82, 2.24) is 15.0 Å². The molecule has 8 nitrogen and oxygen atoms in total. The Labute approximate surface area is 207 Å². The molecule has 0 radical (unpaired) electrons. The van der Waals surface area contributed by atoms with Gasteiger partial charge >= 0.3 is 0 Å². The van der Waals surface area contributed by atoms with Gasteiger partial charge in [0.2, 0.25) is 0 Å². The van der Waals surface area contributed by atoms with Gasteiger partial charge in [0.1, 0.15) is 29.5 Å². The first kappa shape index (κ1) is 22.9. The number of nitrogens with one attached hydrogen (secondary N) is 2. The zero-order valence-corrected chi connectivity index (χ0v) is 20.0. The van der Waals surface area contributed by atoms with Crippen molar-refractivity contribution in [3.63, 3.8) is 0 Å². The predicted molar refractivity (Wildman–Crippen MR) is 137 cm³/mol. The van der Waals surface area contributed by atoms with Crippen LogP contribution in [0.25, 0.3) is 11.0 Å². The number of ether oxygens (including phenoxy) is 1. The Morgan fingerprint density at radius 1 is 1.20 bits per heavy atom. The topological polar surface area (TPSA) is 90.6 Å². The Hall–Kier alpha value is -3.88. The van der Waals surface area contributed by atoms with Gasteiger partial charge in [0.05, 0.1) is 33.5 Å². The van der Waals surface area contributed by atoms with Gasteiger partial charge in [-0.1, -0.05) is 29.8 Å². The Morgan fingerprint density at radius 2 is 2.00 bits per heavy atom. The van der Waals surface area contributed by atoms with Crippen LogP contribution in [-0.4, -0.2) is 53.7 Å². The van der Waals surface area contributed by atoms with E-state index >= 15 is 0 Å². The van der Waals surface area contributed by atoms with E-state index in [-0.39, 0.29) is 16.8 Å². The van der Waals surface area contributed by atoms with Gasteiger partial charge in [-0.15, -0.1) is 0 Å². The fourth-order valence-corrected chi connectivity index (χ4v) is 4.71. The van der Waals surface area contributed by atoms with Crippen LogP contribution in [0.4, 0.5) is 11.4 Å². The molecule has 1 aliphatic heterocycles. The summed E-state index contributed by atoms with van der Waals surface area (Å²) in [6.07, 6.45) is 4.96. The molecule has 0 amide bonds. The molecule has 1 saturated heterocycles. The number of aromatic amines is 1. The van der Waals surface area contributed by atoms with E-state index in [4.69, 9.17) is 16.3 Å². The highest BCUT2D eigenvalue weighted by Gasteiger charge is 2.34. The molecule has 5 rings (SSSR count). The van der Waals surface area contributed by atoms with Gasteiger partial charge in [-0.3, -0.25) is 9.80 Å². The quantitative estimate of drug-likeness (QED) is 0.281. The summed E-state index contributed by atoms with van der Waals surface area (Å²) >= 11 is 6.55. The molecule has 35 heavy (non-hydrogen) atoms. The van der Waals surface area contributed by atoms with E-state index in [1.54, 1.807) is 37.6 Å². The zero-order valence-electron chi connectivity index (χ0n) is 19.3. The maximum absolute atomic E-state index is 13.7. The number of halogens is 1. The van der Waals surface area contributed by atoms with Gasteiger partial charge in [0.25, 0.3) is 0 Å². The van der Waals surface area contributed by atoms with Crippen LogP contribution in [0.1, 0.15) is 22.3 Å². The van der Waals surface area contributed by atoms with E-state index in [0.29, 0.717) is 45.8 Å². The van der Waals surface area contributed by atoms with Crippen molar-refractivity contribution < 1.29 is 14.3 Å². The second-order valence-corrected chi connectivity index (χ2v) is 8.71. The molecular formula is C26H24ClN5O3. The normalized spacial score (nSPS) is 16.0. The van der Waals surface area contributed by atoms with Gasteiger partial charge in [-0.2, -0.15) is 0 Å². The monoisotopic (exact) mass is 489 g/mol. The molecule has 1 fully saturated rings. The fraction of sp³-hybridized carbons (Fsp3) is 0.192. The molecule has 0 aliphatic carbocycles. The summed E-state index contributed by atoms with van der Waals surface area (Å²) in [5, 5.41) is 7.97. The first-order valence-corrected chi connectivity index (χ1v) is 11.6. The summed E-state index contributed by atoms with van der Waals surface area (Å²) in [7, 11) is 3.71. The maximum Gasteiger partial charge on any atom is 0.196 e. The number of hydrogen-bond donors (Lipinski definition) is 2. The second-order valence-electron chi connectivity index (χ2n) is 8.30. The van der Waals surface area contributed by atoms with E-state index < -0.39 is 0 Å². The molecule has 0 spiro atoms. The number of ketones is 1. The van der Waals surface area contributed by atoms with Crippen molar-refractivity contribution in [2.24, 2.45) is 0 Å². The largest absolute Gasteiger partial charge is 0.457 e. The molecule has 0 bridgehead atoms.